The van der Waals surface area contributed by atoms with Crippen LogP contribution in [0.2, 0.25) is 0 Å². The fourth-order valence-electron chi connectivity index (χ4n) is 9.11. The third-order valence-corrected chi connectivity index (χ3v) is 14.5. The van der Waals surface area contributed by atoms with E-state index in [0.717, 1.165) is 5.56 Å². The molecular formula is C61H100N22O14. The number of carbonyl (C=O) groups excluding carboxylic acids is 13. The molecule has 0 aliphatic heterocycles. The molecule has 0 aromatic heterocycles. The predicted molar refractivity (Wildman–Crippen MR) is 358 cm³/mol. The Labute approximate surface area is 562 Å². The Morgan fingerprint density at radius 3 is 1.24 bits per heavy atom. The highest BCUT2D eigenvalue weighted by molar-refractivity contribution is 5.99. The largest absolute Gasteiger partial charge is 0.391 e. The maximum Gasteiger partial charge on any atom is 0.245 e. The summed E-state index contributed by atoms with van der Waals surface area (Å²) in [5.41, 5.74) is 46.0. The van der Waals surface area contributed by atoms with Gasteiger partial charge in [0.2, 0.25) is 76.8 Å². The molecule has 0 heterocycles. The number of nitrogens with one attached hydrogen (secondary N) is 12. The number of rotatable bonds is 46. The second-order valence-corrected chi connectivity index (χ2v) is 22.9. The van der Waals surface area contributed by atoms with E-state index in [1.807, 2.05) is 6.07 Å². The molecule has 0 spiro atoms. The topological polar surface area (TPSA) is 619 Å². The third kappa shape index (κ3) is 34.3. The van der Waals surface area contributed by atoms with E-state index in [1.54, 1.807) is 54.6 Å². The molecule has 0 aliphatic rings. The maximum atomic E-state index is 14.1. The van der Waals surface area contributed by atoms with Crippen molar-refractivity contribution in [1.82, 2.24) is 63.8 Å². The average molecular weight is 1370 g/mol. The molecule has 0 fully saturated rings. The first-order valence-corrected chi connectivity index (χ1v) is 31.8. The fourth-order valence-corrected chi connectivity index (χ4v) is 9.11. The van der Waals surface area contributed by atoms with Crippen molar-refractivity contribution in [2.75, 3.05) is 45.8 Å². The van der Waals surface area contributed by atoms with E-state index < -0.39 is 163 Å². The Morgan fingerprint density at radius 2 is 0.763 bits per heavy atom. The zero-order chi connectivity index (χ0) is 72.6. The average Bonchev–Trinajstić information content (AvgIpc) is 1.09. The molecule has 13 amide bonds. The number of primary amides is 1. The van der Waals surface area contributed by atoms with Crippen molar-refractivity contribution in [2.45, 2.75) is 171 Å². The molecule has 2 aromatic rings. The first-order chi connectivity index (χ1) is 46.0. The number of unbranched alkanes of at least 4 members (excludes halogenated alkanes) is 2. The second kappa shape index (κ2) is 45.3. The summed E-state index contributed by atoms with van der Waals surface area (Å²) >= 11 is 0. The van der Waals surface area contributed by atoms with Gasteiger partial charge in [-0.1, -0.05) is 60.7 Å². The van der Waals surface area contributed by atoms with Crippen LogP contribution in [0.25, 0.3) is 0 Å². The Balaban J connectivity index is 2.15. The number of aliphatic hydroxyl groups excluding tert-OH is 1. The van der Waals surface area contributed by atoms with Crippen molar-refractivity contribution in [3.63, 3.8) is 0 Å². The number of guanidine groups is 2. The van der Waals surface area contributed by atoms with Crippen molar-refractivity contribution in [3.8, 4) is 0 Å². The van der Waals surface area contributed by atoms with Gasteiger partial charge in [-0.2, -0.15) is 0 Å². The van der Waals surface area contributed by atoms with Crippen molar-refractivity contribution in [3.05, 3.63) is 71.8 Å². The van der Waals surface area contributed by atoms with Gasteiger partial charge in [0.25, 0.3) is 0 Å². The van der Waals surface area contributed by atoms with E-state index in [9.17, 15) is 67.4 Å². The number of hydrogen-bond donors (Lipinski definition) is 21. The molecule has 0 bridgehead atoms. The van der Waals surface area contributed by atoms with E-state index in [-0.39, 0.29) is 82.9 Å². The highest BCUT2D eigenvalue weighted by Crippen LogP contribution is 2.10. The molecule has 0 unspecified atom stereocenters. The first kappa shape index (κ1) is 83.0. The molecule has 29 N–H and O–H groups in total. The monoisotopic (exact) mass is 1360 g/mol. The third-order valence-electron chi connectivity index (χ3n) is 14.5. The molecule has 0 radical (unpaired) electrons. The van der Waals surface area contributed by atoms with E-state index in [1.165, 1.54) is 27.7 Å². The zero-order valence-corrected chi connectivity index (χ0v) is 55.3. The van der Waals surface area contributed by atoms with Gasteiger partial charge in [0.15, 0.2) is 11.9 Å². The standard InChI is InChI=1S/C61H100N22O14/c1-34(75-47(86)33-74-59(97)49(37(4)84)83-58(96)45(30-39-19-9-6-10-20-39)78-48(87)32-72-46(85)31-73-54(92)40(64)29-38-17-7-5-8-18-38)52(90)80-44(24-16-28-71-61(68)69)57(95)82-42(22-12-14-26-63)55(93)77-35(2)51(89)76-36(3)53(91)81-43(23-15-27-70-60(66)67)56(94)79-41(50(65)88)21-11-13-25-62/h5-10,17-20,34-37,40-45,49,84H,11-16,21-33,62-64H2,1-4H3,(H2,65,88)(H,72,85)(H,73,92)(H,74,97)(H,75,86)(H,76,89)(H,77,93)(H,78,87)(H,79,94)(H,80,90)(H,81,91)(H,82,95)(H,83,96)(H4,66,67,70)(H4,68,69,71)/t34-,35-,36-,37+,40-,41-,42-,43-,44-,45-,49-/m0/s1. The molecule has 2 rings (SSSR count). The normalized spacial score (nSPS) is 14.2. The molecular weight excluding hydrogens is 1260 g/mol. The number of hydrogen-bond acceptors (Lipinski definition) is 19. The summed E-state index contributed by atoms with van der Waals surface area (Å²) in [5, 5.41) is 40.2. The molecule has 36 heteroatoms. The highest BCUT2D eigenvalue weighted by Gasteiger charge is 2.34. The van der Waals surface area contributed by atoms with Crippen LogP contribution in [0.1, 0.15) is 103 Å². The predicted octanol–water partition coefficient (Wildman–Crippen LogP) is -8.20. The van der Waals surface area contributed by atoms with Crippen LogP contribution in [-0.4, -0.2) is 206 Å². The lowest BCUT2D eigenvalue weighted by molar-refractivity contribution is -0.135. The van der Waals surface area contributed by atoms with Crippen LogP contribution in [0.5, 0.6) is 0 Å². The van der Waals surface area contributed by atoms with E-state index in [4.69, 9.17) is 45.9 Å². The zero-order valence-electron chi connectivity index (χ0n) is 55.3. The Bertz CT molecular complexity index is 2970. The van der Waals surface area contributed by atoms with Crippen LogP contribution in [-0.2, 0) is 75.2 Å². The van der Waals surface area contributed by atoms with E-state index in [0.29, 0.717) is 37.8 Å². The molecule has 0 saturated carbocycles. The number of aliphatic hydroxyl groups is 1. The minimum atomic E-state index is -1.71. The maximum absolute atomic E-state index is 14.1. The van der Waals surface area contributed by atoms with Crippen LogP contribution in [0.4, 0.5) is 0 Å². The van der Waals surface area contributed by atoms with E-state index >= 15 is 0 Å². The SMILES string of the molecule is C[C@H](NC(=O)CNC(=O)[C@@H](NC(=O)[C@H](Cc1ccccc1)NC(=O)CNC(=O)CNC(=O)[C@@H](N)Cc1ccccc1)[C@@H](C)O)C(=O)N[C@@H](CCCN=C(N)N)C(=O)N[C@@H](CCCCN)C(=O)N[C@@H](C)C(=O)N[C@@H](C)C(=O)N[C@@H](CCCN=C(N)N)C(=O)N[C@@H](CCCCN)C(N)=O. The van der Waals surface area contributed by atoms with Gasteiger partial charge < -0.3 is 115 Å². The number of benzene rings is 2. The molecule has 97 heavy (non-hydrogen) atoms. The van der Waals surface area contributed by atoms with Crippen LogP contribution in [0, 0.1) is 0 Å². The van der Waals surface area contributed by atoms with Gasteiger partial charge in [-0.05, 0) is 123 Å². The summed E-state index contributed by atoms with van der Waals surface area (Å²) < 4.78 is 0. The second-order valence-electron chi connectivity index (χ2n) is 22.9. The minimum absolute atomic E-state index is 0.00171. The van der Waals surface area contributed by atoms with Crippen molar-refractivity contribution < 1.29 is 67.4 Å². The lowest BCUT2D eigenvalue weighted by atomic mass is 10.0. The minimum Gasteiger partial charge on any atom is -0.391 e. The Kier molecular flexibility index (Phi) is 38.8. The summed E-state index contributed by atoms with van der Waals surface area (Å²) in [6, 6.07) is 4.26. The summed E-state index contributed by atoms with van der Waals surface area (Å²) in [5.74, 6) is -11.4. The van der Waals surface area contributed by atoms with Gasteiger partial charge in [-0.3, -0.25) is 72.3 Å². The van der Waals surface area contributed by atoms with Gasteiger partial charge in [0, 0.05) is 19.5 Å². The molecule has 11 atom stereocenters. The number of carbonyl (C=O) groups is 13. The number of nitrogens with two attached hydrogens (primary N) is 8. The molecule has 0 saturated heterocycles. The van der Waals surface area contributed by atoms with Crippen LogP contribution in [0.3, 0.4) is 0 Å². The quantitative estimate of drug-likeness (QED) is 0.0166. The molecule has 538 valence electrons. The fraction of sp³-hybridized carbons (Fsp3) is 0.557. The van der Waals surface area contributed by atoms with Gasteiger partial charge in [-0.25, -0.2) is 0 Å². The lowest BCUT2D eigenvalue weighted by Crippen LogP contribution is -2.59. The molecule has 2 aromatic carbocycles. The lowest BCUT2D eigenvalue weighted by Gasteiger charge is -2.26. The van der Waals surface area contributed by atoms with Crippen LogP contribution in [0.15, 0.2) is 70.6 Å². The number of aliphatic imine (C=N–C) groups is 2. The summed E-state index contributed by atoms with van der Waals surface area (Å²) in [6.45, 7) is 3.78. The highest BCUT2D eigenvalue weighted by atomic mass is 16.3. The van der Waals surface area contributed by atoms with Gasteiger partial charge >= 0.3 is 0 Å². The van der Waals surface area contributed by atoms with E-state index in [2.05, 4.69) is 73.8 Å². The molecule has 0 aliphatic carbocycles. The molecule has 36 nitrogen and oxygen atoms in total. The van der Waals surface area contributed by atoms with Gasteiger partial charge in [0.1, 0.15) is 54.4 Å². The van der Waals surface area contributed by atoms with Gasteiger partial charge in [-0.15, -0.1) is 0 Å². The summed E-state index contributed by atoms with van der Waals surface area (Å²) in [4.78, 5) is 181. The Hall–Kier alpha value is -10.1. The van der Waals surface area contributed by atoms with Crippen molar-refractivity contribution >= 4 is 88.7 Å². The number of nitrogens with zero attached hydrogens (tertiary/aromatic N) is 2. The van der Waals surface area contributed by atoms with Gasteiger partial charge in [0.05, 0.1) is 31.8 Å². The van der Waals surface area contributed by atoms with Crippen LogP contribution >= 0.6 is 0 Å². The van der Waals surface area contributed by atoms with Crippen LogP contribution < -0.4 is 110 Å². The van der Waals surface area contributed by atoms with Crippen molar-refractivity contribution in [2.24, 2.45) is 55.9 Å². The van der Waals surface area contributed by atoms with Crippen molar-refractivity contribution in [1.29, 1.82) is 0 Å². The summed E-state index contributed by atoms with van der Waals surface area (Å²) in [7, 11) is 0. The number of amides is 13. The smallest absolute Gasteiger partial charge is 0.245 e. The first-order valence-electron chi connectivity index (χ1n) is 31.8. The Morgan fingerprint density at radius 1 is 0.392 bits per heavy atom. The summed E-state index contributed by atoms with van der Waals surface area (Å²) in [6.07, 6.45) is 0.654.